The minimum absolute atomic E-state index is 0.0273. The quantitative estimate of drug-likeness (QED) is 0.714. The van der Waals surface area contributed by atoms with Gasteiger partial charge in [-0.15, -0.1) is 11.8 Å². The van der Waals surface area contributed by atoms with Gasteiger partial charge in [0.25, 0.3) is 5.56 Å². The van der Waals surface area contributed by atoms with Crippen LogP contribution in [0.5, 0.6) is 11.5 Å². The number of aromatic hydroxyl groups is 1. The highest BCUT2D eigenvalue weighted by atomic mass is 32.2. The van der Waals surface area contributed by atoms with Crippen molar-refractivity contribution in [2.45, 2.75) is 12.3 Å². The summed E-state index contributed by atoms with van der Waals surface area (Å²) in [5.74, 6) is 0.499. The lowest BCUT2D eigenvalue weighted by atomic mass is 10.1. The second kappa shape index (κ2) is 7.36. The number of phenolic OH excluding ortho intramolecular Hbond substituents is 1. The molecule has 1 fully saturated rings. The predicted octanol–water partition coefficient (Wildman–Crippen LogP) is 2.98. The number of hydrogen-bond donors (Lipinski definition) is 1. The Morgan fingerprint density at radius 3 is 2.55 bits per heavy atom. The lowest BCUT2D eigenvalue weighted by Crippen LogP contribution is -2.33. The normalized spacial score (nSPS) is 16.4. The molecule has 0 radical (unpaired) electrons. The molecule has 1 N–H and O–H groups in total. The van der Waals surface area contributed by atoms with Crippen LogP contribution in [0.4, 0.5) is 5.69 Å². The lowest BCUT2D eigenvalue weighted by molar-refractivity contribution is -0.115. The van der Waals surface area contributed by atoms with Crippen LogP contribution in [-0.4, -0.2) is 33.2 Å². The molecule has 0 spiro atoms. The van der Waals surface area contributed by atoms with Gasteiger partial charge < -0.3 is 9.84 Å². The van der Waals surface area contributed by atoms with E-state index in [1.54, 1.807) is 33.4 Å². The van der Waals surface area contributed by atoms with Gasteiger partial charge >= 0.3 is 0 Å². The van der Waals surface area contributed by atoms with Gasteiger partial charge in [0.15, 0.2) is 11.5 Å². The SMILES string of the molecule is COc1cc([C@@H]2SCC(=O)N2c2c(C)n(C)n(-c3ccccc3)c2=O)ccc1O. The van der Waals surface area contributed by atoms with Crippen molar-refractivity contribution in [2.75, 3.05) is 17.8 Å². The number of benzene rings is 2. The number of thioether (sulfide) groups is 1. The molecule has 1 atom stereocenters. The van der Waals surface area contributed by atoms with Gasteiger partial charge in [0, 0.05) is 7.05 Å². The van der Waals surface area contributed by atoms with Gasteiger partial charge in [-0.05, 0) is 36.8 Å². The number of aromatic nitrogens is 2. The predicted molar refractivity (Wildman–Crippen MR) is 113 cm³/mol. The molecule has 1 aliphatic heterocycles. The molecular weight excluding hydrogens is 390 g/mol. The topological polar surface area (TPSA) is 76.7 Å². The van der Waals surface area contributed by atoms with Crippen LogP contribution >= 0.6 is 11.8 Å². The first kappa shape index (κ1) is 19.2. The minimum Gasteiger partial charge on any atom is -0.504 e. The fourth-order valence-electron chi connectivity index (χ4n) is 3.59. The van der Waals surface area contributed by atoms with Crippen molar-refractivity contribution >= 4 is 23.4 Å². The van der Waals surface area contributed by atoms with Crippen molar-refractivity contribution in [1.29, 1.82) is 0 Å². The lowest BCUT2D eigenvalue weighted by Gasteiger charge is -2.23. The Balaban J connectivity index is 1.85. The Morgan fingerprint density at radius 1 is 1.14 bits per heavy atom. The average Bonchev–Trinajstić information content (AvgIpc) is 3.20. The highest BCUT2D eigenvalue weighted by molar-refractivity contribution is 8.00. The first-order chi connectivity index (χ1) is 13.9. The molecule has 0 bridgehead atoms. The maximum atomic E-state index is 13.4. The molecule has 0 aliphatic carbocycles. The molecule has 1 aromatic heterocycles. The van der Waals surface area contributed by atoms with Crippen molar-refractivity contribution in [1.82, 2.24) is 9.36 Å². The van der Waals surface area contributed by atoms with Gasteiger partial charge in [0.1, 0.15) is 11.1 Å². The van der Waals surface area contributed by atoms with Crippen LogP contribution in [0.3, 0.4) is 0 Å². The van der Waals surface area contributed by atoms with Crippen molar-refractivity contribution < 1.29 is 14.6 Å². The van der Waals surface area contributed by atoms with Crippen LogP contribution in [-0.2, 0) is 11.8 Å². The molecule has 1 aliphatic rings. The Morgan fingerprint density at radius 2 is 1.86 bits per heavy atom. The molecule has 4 rings (SSSR count). The molecule has 3 aromatic rings. The standard InChI is InChI=1S/C21H21N3O4S/c1-13-19(20(27)24(22(13)2)15-7-5-4-6-8-15)23-18(26)12-29-21(23)14-9-10-16(25)17(11-14)28-3/h4-11,21,25H,12H2,1-3H3/t21-/m0/s1. The van der Waals surface area contributed by atoms with Crippen LogP contribution in [0, 0.1) is 6.92 Å². The maximum Gasteiger partial charge on any atom is 0.295 e. The number of ether oxygens (including phenoxy) is 1. The van der Waals surface area contributed by atoms with E-state index in [2.05, 4.69) is 0 Å². The molecule has 0 saturated carbocycles. The second-order valence-corrected chi connectivity index (χ2v) is 7.84. The number of phenols is 1. The highest BCUT2D eigenvalue weighted by Gasteiger charge is 2.38. The van der Waals surface area contributed by atoms with E-state index in [0.717, 1.165) is 11.3 Å². The number of amides is 1. The van der Waals surface area contributed by atoms with Crippen molar-refractivity contribution in [3.63, 3.8) is 0 Å². The number of methoxy groups -OCH3 is 1. The van der Waals surface area contributed by atoms with Gasteiger partial charge in [0.2, 0.25) is 5.91 Å². The van der Waals surface area contributed by atoms with Gasteiger partial charge in [-0.25, -0.2) is 4.68 Å². The van der Waals surface area contributed by atoms with E-state index in [4.69, 9.17) is 4.74 Å². The second-order valence-electron chi connectivity index (χ2n) is 6.77. The van der Waals surface area contributed by atoms with Crippen LogP contribution in [0.25, 0.3) is 5.69 Å². The summed E-state index contributed by atoms with van der Waals surface area (Å²) in [6, 6.07) is 14.3. The molecule has 7 nitrogen and oxygen atoms in total. The molecule has 150 valence electrons. The van der Waals surface area contributed by atoms with E-state index in [-0.39, 0.29) is 28.3 Å². The largest absolute Gasteiger partial charge is 0.504 e. The number of rotatable bonds is 4. The molecule has 0 unspecified atom stereocenters. The van der Waals surface area contributed by atoms with Crippen LogP contribution in [0.1, 0.15) is 16.6 Å². The van der Waals surface area contributed by atoms with Crippen molar-refractivity contribution in [2.24, 2.45) is 7.05 Å². The highest BCUT2D eigenvalue weighted by Crippen LogP contribution is 2.43. The summed E-state index contributed by atoms with van der Waals surface area (Å²) in [6.45, 7) is 1.83. The minimum atomic E-state index is -0.380. The molecule has 29 heavy (non-hydrogen) atoms. The summed E-state index contributed by atoms with van der Waals surface area (Å²) >= 11 is 1.44. The van der Waals surface area contributed by atoms with E-state index in [1.807, 2.05) is 37.3 Å². The molecule has 1 saturated heterocycles. The van der Waals surface area contributed by atoms with Crippen LogP contribution < -0.4 is 15.2 Å². The van der Waals surface area contributed by atoms with Crippen molar-refractivity contribution in [3.05, 3.63) is 70.1 Å². The van der Waals surface area contributed by atoms with Gasteiger partial charge in [-0.1, -0.05) is 24.3 Å². The molecule has 1 amide bonds. The number of carbonyl (C=O) groups is 1. The van der Waals surface area contributed by atoms with E-state index in [9.17, 15) is 14.7 Å². The first-order valence-electron chi connectivity index (χ1n) is 9.08. The van der Waals surface area contributed by atoms with Crippen LogP contribution in [0.2, 0.25) is 0 Å². The summed E-state index contributed by atoms with van der Waals surface area (Å²) in [6.07, 6.45) is 0. The Kier molecular flexibility index (Phi) is 4.87. The number of hydrogen-bond acceptors (Lipinski definition) is 5. The third kappa shape index (κ3) is 3.09. The summed E-state index contributed by atoms with van der Waals surface area (Å²) in [5.41, 5.74) is 2.33. The Labute approximate surface area is 172 Å². The summed E-state index contributed by atoms with van der Waals surface area (Å²) in [4.78, 5) is 27.7. The number of carbonyl (C=O) groups excluding carboxylic acids is 1. The molecule has 2 aromatic carbocycles. The van der Waals surface area contributed by atoms with Gasteiger partial charge in [-0.3, -0.25) is 19.2 Å². The summed E-state index contributed by atoms with van der Waals surface area (Å²) in [5, 5.41) is 9.52. The number of anilines is 1. The Hall–Kier alpha value is -3.13. The van der Waals surface area contributed by atoms with E-state index in [1.165, 1.54) is 24.9 Å². The summed E-state index contributed by atoms with van der Waals surface area (Å²) in [7, 11) is 3.28. The third-order valence-electron chi connectivity index (χ3n) is 5.12. The van der Waals surface area contributed by atoms with Crippen LogP contribution in [0.15, 0.2) is 53.3 Å². The first-order valence-corrected chi connectivity index (χ1v) is 10.1. The maximum absolute atomic E-state index is 13.4. The average molecular weight is 411 g/mol. The fourth-order valence-corrected chi connectivity index (χ4v) is 4.74. The summed E-state index contributed by atoms with van der Waals surface area (Å²) < 4.78 is 8.54. The van der Waals surface area contributed by atoms with E-state index in [0.29, 0.717) is 17.1 Å². The zero-order valence-corrected chi connectivity index (χ0v) is 17.1. The molecular formula is C21H21N3O4S. The smallest absolute Gasteiger partial charge is 0.295 e. The van der Waals surface area contributed by atoms with E-state index >= 15 is 0 Å². The molecule has 2 heterocycles. The van der Waals surface area contributed by atoms with Gasteiger partial charge in [-0.2, -0.15) is 0 Å². The third-order valence-corrected chi connectivity index (χ3v) is 6.33. The van der Waals surface area contributed by atoms with E-state index < -0.39 is 0 Å². The zero-order chi connectivity index (χ0) is 20.7. The number of nitrogens with zero attached hydrogens (tertiary/aromatic N) is 3. The Bertz CT molecular complexity index is 1140. The van der Waals surface area contributed by atoms with Crippen molar-refractivity contribution in [3.8, 4) is 17.2 Å². The zero-order valence-electron chi connectivity index (χ0n) is 16.3. The monoisotopic (exact) mass is 411 g/mol. The molecule has 8 heteroatoms. The number of para-hydroxylation sites is 1. The van der Waals surface area contributed by atoms with Gasteiger partial charge in [0.05, 0.1) is 24.2 Å². The fraction of sp³-hybridized carbons (Fsp3) is 0.238.